The summed E-state index contributed by atoms with van der Waals surface area (Å²) in [4.78, 5) is 21.9. The maximum absolute atomic E-state index is 11.8. The van der Waals surface area contributed by atoms with Crippen LogP contribution >= 0.6 is 34.8 Å². The monoisotopic (exact) mass is 452 g/mol. The Morgan fingerprint density at radius 2 is 1.72 bits per heavy atom. The van der Waals surface area contributed by atoms with Gasteiger partial charge in [0.15, 0.2) is 5.03 Å². The number of carboxylic acid groups (broad SMARTS) is 1. The Bertz CT molecular complexity index is 1170. The highest BCUT2D eigenvalue weighted by Crippen LogP contribution is 2.31. The Kier molecular flexibility index (Phi) is 6.02. The van der Waals surface area contributed by atoms with Gasteiger partial charge in [-0.15, -0.1) is 5.10 Å². The number of hydrogen-bond acceptors (Lipinski definition) is 7. The first-order chi connectivity index (χ1) is 13.8. The van der Waals surface area contributed by atoms with E-state index in [4.69, 9.17) is 34.8 Å². The number of rotatable bonds is 6. The number of nitro groups is 1. The molecule has 0 saturated carbocycles. The zero-order valence-electron chi connectivity index (χ0n) is 14.2. The molecule has 0 aliphatic rings. The minimum Gasteiger partial charge on any atom is -0.545 e. The molecule has 0 unspecified atom stereocenters. The third kappa shape index (κ3) is 4.32. The molecule has 29 heavy (non-hydrogen) atoms. The predicted octanol–water partition coefficient (Wildman–Crippen LogP) is 3.20. The molecule has 1 N–H and O–H groups in total. The Morgan fingerprint density at radius 3 is 2.31 bits per heavy atom. The molecule has 0 fully saturated rings. The van der Waals surface area contributed by atoms with Crippen molar-refractivity contribution in [1.82, 2.24) is 15.0 Å². The third-order valence-electron chi connectivity index (χ3n) is 3.73. The molecule has 0 aliphatic carbocycles. The number of aromatic carboxylic acids is 1. The van der Waals surface area contributed by atoms with Crippen molar-refractivity contribution in [2.75, 3.05) is 5.32 Å². The zero-order valence-corrected chi connectivity index (χ0v) is 16.4. The van der Waals surface area contributed by atoms with Gasteiger partial charge in [0.05, 0.1) is 16.4 Å². The summed E-state index contributed by atoms with van der Waals surface area (Å²) in [7, 11) is 0. The standard InChI is InChI=1S/C17H10Cl3N5O4/c18-13(15(19)20)14(25(28)29)16(21-10-7-5-9(6-8-10)17(26)27)24-12-4-2-1-3-11(12)22-23-24/h1-8,21H,(H,26,27)/p-1/b16-14+. The molecule has 0 amide bonds. The van der Waals surface area contributed by atoms with Crippen molar-refractivity contribution in [3.63, 3.8) is 0 Å². The lowest BCUT2D eigenvalue weighted by Crippen LogP contribution is -2.22. The van der Waals surface area contributed by atoms with E-state index in [1.807, 2.05) is 0 Å². The van der Waals surface area contributed by atoms with Gasteiger partial charge in [0.25, 0.3) is 0 Å². The molecule has 3 aromatic rings. The number of para-hydroxylation sites is 1. The molecular formula is C17H9Cl3N5O4-. The summed E-state index contributed by atoms with van der Waals surface area (Å²) in [5, 5.41) is 32.9. The Hall–Kier alpha value is -3.14. The predicted molar refractivity (Wildman–Crippen MR) is 107 cm³/mol. The minimum absolute atomic E-state index is 0.0662. The van der Waals surface area contributed by atoms with E-state index in [0.717, 1.165) is 0 Å². The quantitative estimate of drug-likeness (QED) is 0.345. The first-order valence-electron chi connectivity index (χ1n) is 7.78. The molecule has 0 spiro atoms. The third-order valence-corrected chi connectivity index (χ3v) is 4.67. The zero-order chi connectivity index (χ0) is 21.1. The van der Waals surface area contributed by atoms with Gasteiger partial charge in [0, 0.05) is 5.69 Å². The van der Waals surface area contributed by atoms with Crippen molar-refractivity contribution in [2.45, 2.75) is 0 Å². The lowest BCUT2D eigenvalue weighted by Gasteiger charge is -2.13. The highest BCUT2D eigenvalue weighted by Gasteiger charge is 2.28. The Morgan fingerprint density at radius 1 is 1.07 bits per heavy atom. The summed E-state index contributed by atoms with van der Waals surface area (Å²) in [6, 6.07) is 12.1. The Labute approximate surface area is 177 Å². The molecule has 0 atom stereocenters. The van der Waals surface area contributed by atoms with Crippen LogP contribution in [-0.4, -0.2) is 25.9 Å². The fraction of sp³-hybridized carbons (Fsp3) is 0. The van der Waals surface area contributed by atoms with E-state index in [2.05, 4.69) is 15.6 Å². The molecule has 1 aromatic heterocycles. The second kappa shape index (κ2) is 8.48. The molecular weight excluding hydrogens is 445 g/mol. The van der Waals surface area contributed by atoms with Gasteiger partial charge < -0.3 is 15.2 Å². The van der Waals surface area contributed by atoms with Crippen molar-refractivity contribution in [1.29, 1.82) is 0 Å². The fourth-order valence-corrected chi connectivity index (χ4v) is 2.77. The van der Waals surface area contributed by atoms with E-state index in [9.17, 15) is 20.0 Å². The van der Waals surface area contributed by atoms with Crippen LogP contribution in [0.2, 0.25) is 0 Å². The molecule has 9 nitrogen and oxygen atoms in total. The number of benzene rings is 2. The summed E-state index contributed by atoms with van der Waals surface area (Å²) in [6.07, 6.45) is 0. The van der Waals surface area contributed by atoms with Crippen LogP contribution in [0.25, 0.3) is 16.9 Å². The van der Waals surface area contributed by atoms with Crippen LogP contribution < -0.4 is 10.4 Å². The van der Waals surface area contributed by atoms with E-state index in [1.165, 1.54) is 28.9 Å². The van der Waals surface area contributed by atoms with Crippen molar-refractivity contribution < 1.29 is 14.8 Å². The minimum atomic E-state index is -1.36. The number of allylic oxidation sites excluding steroid dienone is 1. The molecule has 148 valence electrons. The second-order valence-electron chi connectivity index (χ2n) is 5.51. The number of halogens is 3. The van der Waals surface area contributed by atoms with Crippen LogP contribution in [0.1, 0.15) is 10.4 Å². The summed E-state index contributed by atoms with van der Waals surface area (Å²) < 4.78 is 0.647. The number of anilines is 1. The number of fused-ring (bicyclic) bond motifs is 1. The summed E-state index contributed by atoms with van der Waals surface area (Å²) in [5.41, 5.74) is 0.489. The van der Waals surface area contributed by atoms with Gasteiger partial charge >= 0.3 is 5.70 Å². The number of carbonyl (C=O) groups excluding carboxylic acids is 1. The average molecular weight is 454 g/mol. The molecule has 2 aromatic carbocycles. The van der Waals surface area contributed by atoms with Crippen LogP contribution in [0, 0.1) is 10.1 Å². The van der Waals surface area contributed by atoms with E-state index in [-0.39, 0.29) is 11.4 Å². The molecule has 3 rings (SSSR count). The largest absolute Gasteiger partial charge is 0.545 e. The van der Waals surface area contributed by atoms with Crippen LogP contribution in [0.3, 0.4) is 0 Å². The fourth-order valence-electron chi connectivity index (χ4n) is 2.43. The number of nitrogens with one attached hydrogen (secondary N) is 1. The highest BCUT2D eigenvalue weighted by atomic mass is 35.5. The molecule has 0 radical (unpaired) electrons. The number of carbonyl (C=O) groups is 1. The van der Waals surface area contributed by atoms with Crippen molar-refractivity contribution in [3.05, 3.63) is 79.4 Å². The SMILES string of the molecule is O=C([O-])c1ccc(N/C(=C(/C(Cl)=C(Cl)Cl)[N+](=O)[O-])n2nnc3ccccc32)cc1. The van der Waals surface area contributed by atoms with Crippen molar-refractivity contribution in [3.8, 4) is 0 Å². The number of aromatic nitrogens is 3. The van der Waals surface area contributed by atoms with Crippen LogP contribution in [0.15, 0.2) is 63.8 Å². The molecule has 0 aliphatic heterocycles. The number of nitrogens with zero attached hydrogens (tertiary/aromatic N) is 4. The lowest BCUT2D eigenvalue weighted by molar-refractivity contribution is -0.419. The molecule has 0 saturated heterocycles. The van der Waals surface area contributed by atoms with E-state index in [0.29, 0.717) is 16.7 Å². The second-order valence-corrected chi connectivity index (χ2v) is 6.84. The van der Waals surface area contributed by atoms with E-state index >= 15 is 0 Å². The Balaban J connectivity index is 2.23. The van der Waals surface area contributed by atoms with Crippen LogP contribution in [0.5, 0.6) is 0 Å². The van der Waals surface area contributed by atoms with Gasteiger partial charge in [0.1, 0.15) is 10.0 Å². The summed E-state index contributed by atoms with van der Waals surface area (Å²) >= 11 is 17.4. The van der Waals surface area contributed by atoms with Crippen molar-refractivity contribution >= 4 is 63.3 Å². The smallest absolute Gasteiger partial charge is 0.332 e. The first kappa shape index (κ1) is 20.6. The van der Waals surface area contributed by atoms with Crippen LogP contribution in [0.4, 0.5) is 5.69 Å². The first-order valence-corrected chi connectivity index (χ1v) is 8.92. The van der Waals surface area contributed by atoms with Gasteiger partial charge in [-0.2, -0.15) is 4.68 Å². The lowest BCUT2D eigenvalue weighted by atomic mass is 10.2. The van der Waals surface area contributed by atoms with Gasteiger partial charge in [0.2, 0.25) is 5.82 Å². The average Bonchev–Trinajstić information content (AvgIpc) is 3.11. The van der Waals surface area contributed by atoms with Gasteiger partial charge in [-0.1, -0.05) is 64.3 Å². The number of hydrogen-bond donors (Lipinski definition) is 1. The summed E-state index contributed by atoms with van der Waals surface area (Å²) in [5.74, 6) is -1.56. The topological polar surface area (TPSA) is 126 Å². The highest BCUT2D eigenvalue weighted by molar-refractivity contribution is 6.59. The van der Waals surface area contributed by atoms with Gasteiger partial charge in [-0.05, 0) is 29.8 Å². The van der Waals surface area contributed by atoms with Crippen molar-refractivity contribution in [2.24, 2.45) is 0 Å². The molecule has 12 heteroatoms. The molecule has 1 heterocycles. The van der Waals surface area contributed by atoms with E-state index < -0.39 is 26.1 Å². The van der Waals surface area contributed by atoms with Gasteiger partial charge in [-0.3, -0.25) is 10.1 Å². The number of carboxylic acids is 1. The maximum atomic E-state index is 11.8. The summed E-state index contributed by atoms with van der Waals surface area (Å²) in [6.45, 7) is 0. The van der Waals surface area contributed by atoms with E-state index in [1.54, 1.807) is 24.3 Å². The van der Waals surface area contributed by atoms with Crippen LogP contribution in [-0.2, 0) is 0 Å². The normalized spacial score (nSPS) is 11.7. The van der Waals surface area contributed by atoms with Gasteiger partial charge in [-0.25, -0.2) is 0 Å². The maximum Gasteiger partial charge on any atom is 0.332 e. The molecule has 0 bridgehead atoms.